The monoisotopic (exact) mass is 574 g/mol. The Hall–Kier alpha value is -0.650. The number of esters is 1. The molecule has 11 atom stereocenters. The second-order valence-corrected chi connectivity index (χ2v) is 17.4. The van der Waals surface area contributed by atoms with Gasteiger partial charge in [0.1, 0.15) is 6.10 Å². The number of unbranched alkanes of at least 4 members (excludes halogenated alkanes) is 2. The van der Waals surface area contributed by atoms with Crippen LogP contribution in [-0.4, -0.2) is 45.7 Å². The molecule has 4 aliphatic carbocycles. The SMILES string of the molecule is CCCCCC(=O)O[C@H]1CC[C@]2(C)[C@H]3C[C@@H](O)[C@@H]4[C@@H]([C@]5(C)CC[C@H](C(C)(C)O)O5)CC[C@@]4(C)[C@]3(C)CC[C@H]2C1(C)C. The van der Waals surface area contributed by atoms with Gasteiger partial charge in [-0.2, -0.15) is 0 Å². The molecule has 5 nitrogen and oxygen atoms in total. The molecule has 0 aromatic rings. The lowest BCUT2D eigenvalue weighted by Crippen LogP contribution is -2.66. The van der Waals surface area contributed by atoms with Crippen molar-refractivity contribution < 1.29 is 24.5 Å². The van der Waals surface area contributed by atoms with Gasteiger partial charge in [0, 0.05) is 11.8 Å². The highest BCUT2D eigenvalue weighted by Crippen LogP contribution is 2.76. The minimum atomic E-state index is -0.843. The van der Waals surface area contributed by atoms with Crippen molar-refractivity contribution in [1.82, 2.24) is 0 Å². The van der Waals surface area contributed by atoms with Crippen molar-refractivity contribution >= 4 is 5.97 Å². The Balaban J connectivity index is 1.38. The third-order valence-electron chi connectivity index (χ3n) is 14.5. The largest absolute Gasteiger partial charge is 0.462 e. The van der Waals surface area contributed by atoms with Crippen molar-refractivity contribution in [2.75, 3.05) is 0 Å². The van der Waals surface area contributed by atoms with Crippen LogP contribution in [0.4, 0.5) is 0 Å². The van der Waals surface area contributed by atoms with Crippen molar-refractivity contribution in [2.24, 2.45) is 45.3 Å². The van der Waals surface area contributed by atoms with E-state index >= 15 is 0 Å². The molecule has 1 saturated heterocycles. The first kappa shape index (κ1) is 31.8. The smallest absolute Gasteiger partial charge is 0.306 e. The van der Waals surface area contributed by atoms with Gasteiger partial charge in [0.2, 0.25) is 0 Å². The highest BCUT2D eigenvalue weighted by atomic mass is 16.5. The predicted octanol–water partition coefficient (Wildman–Crippen LogP) is 7.84. The highest BCUT2D eigenvalue weighted by molar-refractivity contribution is 5.69. The molecule has 5 heteroatoms. The van der Waals surface area contributed by atoms with Gasteiger partial charge in [-0.3, -0.25) is 4.79 Å². The maximum absolute atomic E-state index is 12.8. The van der Waals surface area contributed by atoms with Gasteiger partial charge in [-0.25, -0.2) is 0 Å². The van der Waals surface area contributed by atoms with Gasteiger partial charge in [-0.1, -0.05) is 54.4 Å². The number of hydrogen-bond donors (Lipinski definition) is 2. The molecule has 0 amide bonds. The first-order valence-electron chi connectivity index (χ1n) is 17.2. The van der Waals surface area contributed by atoms with Crippen LogP contribution < -0.4 is 0 Å². The van der Waals surface area contributed by atoms with E-state index in [1.807, 2.05) is 13.8 Å². The van der Waals surface area contributed by atoms with Crippen LogP contribution in [0, 0.1) is 45.3 Å². The van der Waals surface area contributed by atoms with Crippen LogP contribution in [0.2, 0.25) is 0 Å². The average molecular weight is 575 g/mol. The van der Waals surface area contributed by atoms with Crippen LogP contribution >= 0.6 is 0 Å². The summed E-state index contributed by atoms with van der Waals surface area (Å²) >= 11 is 0. The van der Waals surface area contributed by atoms with E-state index in [1.54, 1.807) is 0 Å². The van der Waals surface area contributed by atoms with E-state index in [0.29, 0.717) is 24.2 Å². The molecular formula is C36H62O5. The summed E-state index contributed by atoms with van der Waals surface area (Å²) in [6.45, 7) is 20.5. The van der Waals surface area contributed by atoms with Crippen molar-refractivity contribution in [3.63, 3.8) is 0 Å². The number of carbonyl (C=O) groups excluding carboxylic acids is 1. The number of hydrogen-bond acceptors (Lipinski definition) is 5. The first-order valence-corrected chi connectivity index (χ1v) is 17.2. The van der Waals surface area contributed by atoms with E-state index < -0.39 is 5.60 Å². The van der Waals surface area contributed by atoms with Crippen molar-refractivity contribution in [2.45, 2.75) is 175 Å². The quantitative estimate of drug-likeness (QED) is 0.239. The minimum absolute atomic E-state index is 0.0179. The Labute approximate surface area is 250 Å². The molecule has 0 bridgehead atoms. The third kappa shape index (κ3) is 4.85. The lowest BCUT2D eigenvalue weighted by molar-refractivity contribution is -0.251. The Bertz CT molecular complexity index is 985. The fraction of sp³-hybridized carbons (Fsp3) is 0.972. The van der Waals surface area contributed by atoms with E-state index in [4.69, 9.17) is 9.47 Å². The summed E-state index contributed by atoms with van der Waals surface area (Å²) in [5.74, 6) is 1.45. The highest BCUT2D eigenvalue weighted by Gasteiger charge is 2.72. The maximum Gasteiger partial charge on any atom is 0.306 e. The molecule has 5 fully saturated rings. The molecular weight excluding hydrogens is 512 g/mol. The van der Waals surface area contributed by atoms with E-state index in [2.05, 4.69) is 48.5 Å². The fourth-order valence-electron chi connectivity index (χ4n) is 12.0. The summed E-state index contributed by atoms with van der Waals surface area (Å²) < 4.78 is 12.9. The molecule has 1 heterocycles. The topological polar surface area (TPSA) is 76.0 Å². The van der Waals surface area contributed by atoms with E-state index in [-0.39, 0.29) is 57.5 Å². The predicted molar refractivity (Wildman–Crippen MR) is 163 cm³/mol. The van der Waals surface area contributed by atoms with E-state index in [1.165, 1.54) is 6.42 Å². The van der Waals surface area contributed by atoms with Gasteiger partial charge in [0.25, 0.3) is 0 Å². The number of rotatable bonds is 7. The Morgan fingerprint density at radius 2 is 1.59 bits per heavy atom. The number of carbonyl (C=O) groups is 1. The maximum atomic E-state index is 12.8. The average Bonchev–Trinajstić information content (AvgIpc) is 3.46. The standard InChI is InChI=1S/C36H62O5/c1-10-11-12-13-29(38)40-27-16-18-33(6)25(31(27,2)3)15-20-34(7)26(33)22-24(37)30-23(14-19-35(30,34)8)36(9)21-17-28(41-36)32(4,5)39/h23-28,30,37,39H,10-22H2,1-9H3/t23-,24+,25-,26+,27-,28+,30-,33-,34+,35+,36-/m0/s1. The minimum Gasteiger partial charge on any atom is -0.462 e. The van der Waals surface area contributed by atoms with Gasteiger partial charge in [0.05, 0.1) is 23.4 Å². The molecule has 0 spiro atoms. The van der Waals surface area contributed by atoms with Crippen LogP contribution in [0.15, 0.2) is 0 Å². The third-order valence-corrected chi connectivity index (χ3v) is 14.5. The van der Waals surface area contributed by atoms with Crippen LogP contribution in [0.5, 0.6) is 0 Å². The molecule has 0 radical (unpaired) electrons. The number of aliphatic hydroxyl groups is 2. The van der Waals surface area contributed by atoms with Crippen molar-refractivity contribution in [3.8, 4) is 0 Å². The Morgan fingerprint density at radius 3 is 2.22 bits per heavy atom. The zero-order chi connectivity index (χ0) is 30.2. The van der Waals surface area contributed by atoms with Gasteiger partial charge < -0.3 is 19.7 Å². The van der Waals surface area contributed by atoms with Crippen LogP contribution in [0.1, 0.15) is 146 Å². The van der Waals surface area contributed by atoms with Crippen LogP contribution in [0.25, 0.3) is 0 Å². The van der Waals surface area contributed by atoms with Crippen molar-refractivity contribution in [1.29, 1.82) is 0 Å². The Morgan fingerprint density at radius 1 is 0.902 bits per heavy atom. The molecule has 0 aromatic carbocycles. The second kappa shape index (κ2) is 10.5. The lowest BCUT2D eigenvalue weighted by atomic mass is 9.35. The van der Waals surface area contributed by atoms with Gasteiger partial charge in [-0.15, -0.1) is 0 Å². The molecule has 5 aliphatic rings. The summed E-state index contributed by atoms with van der Waals surface area (Å²) in [7, 11) is 0. The molecule has 4 saturated carbocycles. The zero-order valence-electron chi connectivity index (χ0n) is 27.9. The molecule has 41 heavy (non-hydrogen) atoms. The van der Waals surface area contributed by atoms with Crippen molar-refractivity contribution in [3.05, 3.63) is 0 Å². The molecule has 5 rings (SSSR count). The van der Waals surface area contributed by atoms with Gasteiger partial charge >= 0.3 is 5.97 Å². The van der Waals surface area contributed by atoms with E-state index in [9.17, 15) is 15.0 Å². The Kier molecular flexibility index (Phi) is 8.11. The number of ether oxygens (including phenoxy) is 2. The van der Waals surface area contributed by atoms with Gasteiger partial charge in [-0.05, 0) is 125 Å². The lowest BCUT2D eigenvalue weighted by Gasteiger charge is -2.70. The summed E-state index contributed by atoms with van der Waals surface area (Å²) in [6.07, 6.45) is 12.4. The fourth-order valence-corrected chi connectivity index (χ4v) is 12.0. The molecule has 2 N–H and O–H groups in total. The molecule has 236 valence electrons. The summed E-state index contributed by atoms with van der Waals surface area (Å²) in [6, 6.07) is 0. The summed E-state index contributed by atoms with van der Waals surface area (Å²) in [4.78, 5) is 12.8. The molecule has 0 aromatic heterocycles. The molecule has 1 aliphatic heterocycles. The molecule has 0 unspecified atom stereocenters. The van der Waals surface area contributed by atoms with Crippen LogP contribution in [-0.2, 0) is 14.3 Å². The number of aliphatic hydroxyl groups excluding tert-OH is 1. The van der Waals surface area contributed by atoms with E-state index in [0.717, 1.165) is 70.6 Å². The normalized spacial score (nSPS) is 49.2. The van der Waals surface area contributed by atoms with Crippen LogP contribution in [0.3, 0.4) is 0 Å². The summed E-state index contributed by atoms with van der Waals surface area (Å²) in [5, 5.41) is 22.8. The van der Waals surface area contributed by atoms with Gasteiger partial charge in [0.15, 0.2) is 0 Å². The zero-order valence-corrected chi connectivity index (χ0v) is 27.9. The summed E-state index contributed by atoms with van der Waals surface area (Å²) in [5.41, 5.74) is -0.883. The number of fused-ring (bicyclic) bond motifs is 5. The first-order chi connectivity index (χ1) is 18.9. The second-order valence-electron chi connectivity index (χ2n) is 17.4.